The minimum absolute atomic E-state index is 0.147. The molecule has 0 fully saturated rings. The third-order valence-corrected chi connectivity index (χ3v) is 4.13. The van der Waals surface area contributed by atoms with Crippen molar-refractivity contribution in [1.82, 2.24) is 9.71 Å². The second-order valence-corrected chi connectivity index (χ2v) is 5.44. The lowest BCUT2D eigenvalue weighted by Crippen LogP contribution is -2.18. The molecule has 0 radical (unpaired) electrons. The Bertz CT molecular complexity index is 598. The normalized spacial score (nSPS) is 13.7. The largest absolute Gasteiger partial charge is 0.418 e. The van der Waals surface area contributed by atoms with Crippen molar-refractivity contribution in [1.29, 1.82) is 0 Å². The highest BCUT2D eigenvalue weighted by Crippen LogP contribution is 2.40. The summed E-state index contributed by atoms with van der Waals surface area (Å²) in [5, 5.41) is 0.677. The summed E-state index contributed by atoms with van der Waals surface area (Å²) in [7, 11) is 0. The van der Waals surface area contributed by atoms with Crippen LogP contribution in [0.15, 0.2) is 35.5 Å². The van der Waals surface area contributed by atoms with Gasteiger partial charge >= 0.3 is 6.18 Å². The molecular weight excluding hydrogens is 285 g/mol. The van der Waals surface area contributed by atoms with Crippen molar-refractivity contribution in [3.8, 4) is 0 Å². The second kappa shape index (κ2) is 6.01. The monoisotopic (exact) mass is 300 g/mol. The van der Waals surface area contributed by atoms with Crippen molar-refractivity contribution >= 4 is 22.7 Å². The Hall–Kier alpha value is -1.27. The highest BCUT2D eigenvalue weighted by atomic mass is 32.2. The van der Waals surface area contributed by atoms with E-state index >= 15 is 0 Å². The minimum Gasteiger partial charge on any atom is -0.264 e. The van der Waals surface area contributed by atoms with E-state index in [-0.39, 0.29) is 16.3 Å². The number of aromatic nitrogens is 1. The third kappa shape index (κ3) is 3.24. The zero-order chi connectivity index (χ0) is 14.8. The molecule has 2 aromatic rings. The Morgan fingerprint density at radius 2 is 2.05 bits per heavy atom. The van der Waals surface area contributed by atoms with Crippen molar-refractivity contribution in [3.63, 3.8) is 0 Å². The van der Waals surface area contributed by atoms with Gasteiger partial charge in [-0.25, -0.2) is 0 Å². The third-order valence-electron chi connectivity index (χ3n) is 3.05. The number of nitrogens with zero attached hydrogens (tertiary/aromatic N) is 1. The molecule has 108 valence electrons. The van der Waals surface area contributed by atoms with Gasteiger partial charge in [0.05, 0.1) is 5.56 Å². The van der Waals surface area contributed by atoms with E-state index < -0.39 is 11.7 Å². The molecule has 2 rings (SSSR count). The zero-order valence-corrected chi connectivity index (χ0v) is 12.0. The van der Waals surface area contributed by atoms with Gasteiger partial charge in [0.15, 0.2) is 0 Å². The maximum Gasteiger partial charge on any atom is 0.418 e. The minimum atomic E-state index is -4.39. The van der Waals surface area contributed by atoms with Gasteiger partial charge in [-0.3, -0.25) is 9.71 Å². The van der Waals surface area contributed by atoms with Gasteiger partial charge in [-0.15, -0.1) is 0 Å². The topological polar surface area (TPSA) is 24.9 Å². The second-order valence-electron chi connectivity index (χ2n) is 4.56. The van der Waals surface area contributed by atoms with E-state index in [0.29, 0.717) is 5.39 Å². The number of benzene rings is 1. The highest BCUT2D eigenvalue weighted by Gasteiger charge is 2.35. The Morgan fingerprint density at radius 3 is 2.70 bits per heavy atom. The summed E-state index contributed by atoms with van der Waals surface area (Å²) in [6, 6.07) is 4.71. The van der Waals surface area contributed by atoms with E-state index in [1.54, 1.807) is 6.07 Å². The predicted octanol–water partition coefficient (Wildman–Crippen LogP) is 4.65. The van der Waals surface area contributed by atoms with Crippen molar-refractivity contribution < 1.29 is 13.2 Å². The van der Waals surface area contributed by atoms with Gasteiger partial charge in [-0.2, -0.15) is 13.2 Å². The first-order valence-electron chi connectivity index (χ1n) is 6.29. The molecule has 1 N–H and O–H groups in total. The zero-order valence-electron chi connectivity index (χ0n) is 11.2. The van der Waals surface area contributed by atoms with E-state index in [2.05, 4.69) is 9.71 Å². The van der Waals surface area contributed by atoms with Gasteiger partial charge in [0.2, 0.25) is 0 Å². The van der Waals surface area contributed by atoms with Crippen LogP contribution in [0.4, 0.5) is 13.2 Å². The number of fused-ring (bicyclic) bond motifs is 1. The lowest BCUT2D eigenvalue weighted by Gasteiger charge is -2.17. The standard InChI is InChI=1S/C14H15F3N2S/c1-3-9(2)19-20-12-5-4-10-8-18-7-6-11(10)13(12)14(15,16)17/h4-9,19H,3H2,1-2H3. The molecule has 0 saturated heterocycles. The number of nitrogens with one attached hydrogen (secondary N) is 1. The molecule has 0 saturated carbocycles. The fourth-order valence-corrected chi connectivity index (χ4v) is 2.73. The Labute approximate surface area is 119 Å². The van der Waals surface area contributed by atoms with E-state index in [1.165, 1.54) is 24.5 Å². The molecule has 6 heteroatoms. The maximum atomic E-state index is 13.3. The van der Waals surface area contributed by atoms with Crippen LogP contribution >= 0.6 is 11.9 Å². The molecule has 0 aliphatic carbocycles. The fourth-order valence-electron chi connectivity index (χ4n) is 1.77. The van der Waals surface area contributed by atoms with E-state index in [4.69, 9.17) is 0 Å². The molecular formula is C14H15F3N2S. The van der Waals surface area contributed by atoms with Gasteiger partial charge < -0.3 is 0 Å². The molecule has 1 unspecified atom stereocenters. The molecule has 0 bridgehead atoms. The first-order chi connectivity index (χ1) is 9.43. The van der Waals surface area contributed by atoms with E-state index in [9.17, 15) is 13.2 Å². The molecule has 1 atom stereocenters. The SMILES string of the molecule is CCC(C)NSc1ccc2cnccc2c1C(F)(F)F. The molecule has 1 aromatic carbocycles. The average molecular weight is 300 g/mol. The summed E-state index contributed by atoms with van der Waals surface area (Å²) < 4.78 is 43.0. The van der Waals surface area contributed by atoms with Crippen LogP contribution in [-0.4, -0.2) is 11.0 Å². The van der Waals surface area contributed by atoms with Crippen molar-refractivity contribution in [3.05, 3.63) is 36.2 Å². The number of alkyl halides is 3. The molecule has 0 spiro atoms. The molecule has 0 amide bonds. The van der Waals surface area contributed by atoms with Gasteiger partial charge in [-0.1, -0.05) is 13.0 Å². The summed E-state index contributed by atoms with van der Waals surface area (Å²) in [5.74, 6) is 0. The van der Waals surface area contributed by atoms with Crippen LogP contribution in [0.3, 0.4) is 0 Å². The average Bonchev–Trinajstić information content (AvgIpc) is 2.42. The van der Waals surface area contributed by atoms with Gasteiger partial charge in [-0.05, 0) is 42.8 Å². The summed E-state index contributed by atoms with van der Waals surface area (Å²) in [5.41, 5.74) is -0.599. The van der Waals surface area contributed by atoms with Crippen LogP contribution < -0.4 is 4.72 Å². The van der Waals surface area contributed by atoms with Crippen molar-refractivity contribution in [2.24, 2.45) is 0 Å². The van der Waals surface area contributed by atoms with Gasteiger partial charge in [0, 0.05) is 28.7 Å². The number of halogens is 3. The summed E-state index contributed by atoms with van der Waals surface area (Å²) in [4.78, 5) is 4.05. The number of hydrogen-bond donors (Lipinski definition) is 1. The molecule has 2 nitrogen and oxygen atoms in total. The van der Waals surface area contributed by atoms with Crippen LogP contribution in [0.5, 0.6) is 0 Å². The summed E-state index contributed by atoms with van der Waals surface area (Å²) in [6.07, 6.45) is -0.707. The summed E-state index contributed by atoms with van der Waals surface area (Å²) >= 11 is 1.03. The van der Waals surface area contributed by atoms with Crippen LogP contribution in [-0.2, 0) is 6.18 Å². The van der Waals surface area contributed by atoms with E-state index in [1.807, 2.05) is 13.8 Å². The predicted molar refractivity (Wildman–Crippen MR) is 75.5 cm³/mol. The first kappa shape index (κ1) is 15.1. The van der Waals surface area contributed by atoms with Crippen LogP contribution in [0, 0.1) is 0 Å². The van der Waals surface area contributed by atoms with Gasteiger partial charge in [0.1, 0.15) is 0 Å². The van der Waals surface area contributed by atoms with Crippen LogP contribution in [0.2, 0.25) is 0 Å². The van der Waals surface area contributed by atoms with Gasteiger partial charge in [0.25, 0.3) is 0 Å². The Morgan fingerprint density at radius 1 is 1.30 bits per heavy atom. The van der Waals surface area contributed by atoms with Crippen molar-refractivity contribution in [2.45, 2.75) is 37.4 Å². The van der Waals surface area contributed by atoms with Crippen LogP contribution in [0.25, 0.3) is 10.8 Å². The molecule has 1 heterocycles. The maximum absolute atomic E-state index is 13.3. The smallest absolute Gasteiger partial charge is 0.264 e. The first-order valence-corrected chi connectivity index (χ1v) is 7.11. The summed E-state index contributed by atoms with van der Waals surface area (Å²) in [6.45, 7) is 3.92. The number of rotatable bonds is 4. The molecule has 0 aliphatic heterocycles. The number of pyridine rings is 1. The Balaban J connectivity index is 2.48. The van der Waals surface area contributed by atoms with Crippen LogP contribution in [0.1, 0.15) is 25.8 Å². The van der Waals surface area contributed by atoms with E-state index in [0.717, 1.165) is 18.4 Å². The quantitative estimate of drug-likeness (QED) is 0.832. The Kier molecular flexibility index (Phi) is 4.55. The lowest BCUT2D eigenvalue weighted by molar-refractivity contribution is -0.138. The molecule has 0 aliphatic rings. The lowest BCUT2D eigenvalue weighted by atomic mass is 10.1. The highest BCUT2D eigenvalue weighted by molar-refractivity contribution is 7.97. The van der Waals surface area contributed by atoms with Crippen molar-refractivity contribution in [2.75, 3.05) is 0 Å². The molecule has 1 aromatic heterocycles. The fraction of sp³-hybridized carbons (Fsp3) is 0.357. The molecule has 20 heavy (non-hydrogen) atoms. The number of hydrogen-bond acceptors (Lipinski definition) is 3.